The smallest absolute Gasteiger partial charge is 0.412 e. The monoisotopic (exact) mass is 255 g/mol. The molecule has 0 saturated carbocycles. The summed E-state index contributed by atoms with van der Waals surface area (Å²) in [6, 6.07) is 5.69. The summed E-state index contributed by atoms with van der Waals surface area (Å²) in [5.41, 5.74) is 2.23. The van der Waals surface area contributed by atoms with Crippen LogP contribution in [0.1, 0.15) is 31.9 Å². The van der Waals surface area contributed by atoms with E-state index in [0.717, 1.165) is 11.1 Å². The van der Waals surface area contributed by atoms with Crippen LogP contribution in [0.5, 0.6) is 0 Å². The molecule has 0 heterocycles. The Hall–Kier alpha value is -1.22. The van der Waals surface area contributed by atoms with E-state index in [9.17, 15) is 4.79 Å². The average molecular weight is 256 g/mol. The molecule has 1 rings (SSSR count). The Balaban J connectivity index is 2.74. The topological polar surface area (TPSA) is 38.3 Å². The number of aryl methyl sites for hydroxylation is 1. The van der Waals surface area contributed by atoms with Crippen molar-refractivity contribution >= 4 is 23.4 Å². The highest BCUT2D eigenvalue weighted by Crippen LogP contribution is 2.17. The first-order chi connectivity index (χ1) is 7.80. The molecule has 0 unspecified atom stereocenters. The van der Waals surface area contributed by atoms with Gasteiger partial charge in [-0.05, 0) is 51.0 Å². The number of ether oxygens (including phenoxy) is 1. The Morgan fingerprint density at radius 2 is 2.00 bits per heavy atom. The fourth-order valence-corrected chi connectivity index (χ4v) is 1.59. The van der Waals surface area contributed by atoms with Gasteiger partial charge in [-0.2, -0.15) is 0 Å². The molecule has 0 atom stereocenters. The van der Waals surface area contributed by atoms with Gasteiger partial charge in [0.15, 0.2) is 0 Å². The number of anilines is 1. The number of rotatable bonds is 2. The van der Waals surface area contributed by atoms with Gasteiger partial charge in [0, 0.05) is 11.6 Å². The van der Waals surface area contributed by atoms with E-state index in [0.29, 0.717) is 11.6 Å². The lowest BCUT2D eigenvalue weighted by Gasteiger charge is -2.19. The Morgan fingerprint density at radius 3 is 2.53 bits per heavy atom. The van der Waals surface area contributed by atoms with Crippen molar-refractivity contribution in [2.75, 3.05) is 5.32 Å². The van der Waals surface area contributed by atoms with Crippen molar-refractivity contribution in [2.24, 2.45) is 0 Å². The molecule has 0 spiro atoms. The van der Waals surface area contributed by atoms with Crippen LogP contribution in [0, 0.1) is 6.92 Å². The Labute approximate surface area is 107 Å². The quantitative estimate of drug-likeness (QED) is 0.809. The van der Waals surface area contributed by atoms with Crippen molar-refractivity contribution in [3.05, 3.63) is 29.3 Å². The van der Waals surface area contributed by atoms with Crippen LogP contribution in [0.4, 0.5) is 10.5 Å². The number of hydrogen-bond donors (Lipinski definition) is 1. The summed E-state index contributed by atoms with van der Waals surface area (Å²) in [7, 11) is 0. The normalized spacial score (nSPS) is 11.1. The summed E-state index contributed by atoms with van der Waals surface area (Å²) >= 11 is 5.77. The van der Waals surface area contributed by atoms with Crippen LogP contribution in [0.3, 0.4) is 0 Å². The van der Waals surface area contributed by atoms with Crippen LogP contribution in [0.2, 0.25) is 0 Å². The molecular formula is C13H18ClNO2. The SMILES string of the molecule is Cc1cc(CCl)cc(NC(=O)OC(C)(C)C)c1. The number of halogens is 1. The molecule has 17 heavy (non-hydrogen) atoms. The highest BCUT2D eigenvalue weighted by atomic mass is 35.5. The number of carbonyl (C=O) groups excluding carboxylic acids is 1. The van der Waals surface area contributed by atoms with Crippen molar-refractivity contribution in [1.82, 2.24) is 0 Å². The van der Waals surface area contributed by atoms with Crippen molar-refractivity contribution < 1.29 is 9.53 Å². The van der Waals surface area contributed by atoms with Crippen LogP contribution >= 0.6 is 11.6 Å². The van der Waals surface area contributed by atoms with Crippen molar-refractivity contribution in [3.8, 4) is 0 Å². The van der Waals surface area contributed by atoms with Crippen LogP contribution in [0.25, 0.3) is 0 Å². The zero-order valence-electron chi connectivity index (χ0n) is 10.6. The molecule has 0 aliphatic carbocycles. The predicted molar refractivity (Wildman–Crippen MR) is 70.6 cm³/mol. The standard InChI is InChI=1S/C13H18ClNO2/c1-9-5-10(8-14)7-11(6-9)15-12(16)17-13(2,3)4/h5-7H,8H2,1-4H3,(H,15,16). The predicted octanol–water partition coefficient (Wildman–Crippen LogP) is 4.08. The zero-order chi connectivity index (χ0) is 13.1. The third-order valence-electron chi connectivity index (χ3n) is 1.94. The Morgan fingerprint density at radius 1 is 1.35 bits per heavy atom. The number of alkyl halides is 1. The van der Waals surface area contributed by atoms with E-state index in [4.69, 9.17) is 16.3 Å². The number of nitrogens with one attached hydrogen (secondary N) is 1. The van der Waals surface area contributed by atoms with E-state index in [1.54, 1.807) is 0 Å². The van der Waals surface area contributed by atoms with Gasteiger partial charge in [-0.25, -0.2) is 4.79 Å². The summed E-state index contributed by atoms with van der Waals surface area (Å²) in [5.74, 6) is 0.421. The molecule has 4 heteroatoms. The third-order valence-corrected chi connectivity index (χ3v) is 2.25. The lowest BCUT2D eigenvalue weighted by Crippen LogP contribution is -2.27. The van der Waals surface area contributed by atoms with Gasteiger partial charge in [0.1, 0.15) is 5.60 Å². The molecule has 1 aromatic carbocycles. The lowest BCUT2D eigenvalue weighted by molar-refractivity contribution is 0.0636. The van der Waals surface area contributed by atoms with E-state index in [2.05, 4.69) is 5.32 Å². The fourth-order valence-electron chi connectivity index (χ4n) is 1.43. The number of carbonyl (C=O) groups is 1. The fraction of sp³-hybridized carbons (Fsp3) is 0.462. The summed E-state index contributed by atoms with van der Waals surface area (Å²) in [4.78, 5) is 11.6. The van der Waals surface area contributed by atoms with Gasteiger partial charge < -0.3 is 4.74 Å². The number of hydrogen-bond acceptors (Lipinski definition) is 2. The van der Waals surface area contributed by atoms with Crippen LogP contribution in [0.15, 0.2) is 18.2 Å². The maximum Gasteiger partial charge on any atom is 0.412 e. The van der Waals surface area contributed by atoms with E-state index in [1.807, 2.05) is 45.9 Å². The molecule has 0 radical (unpaired) electrons. The van der Waals surface area contributed by atoms with E-state index in [-0.39, 0.29) is 0 Å². The second-order valence-electron chi connectivity index (χ2n) is 4.97. The van der Waals surface area contributed by atoms with E-state index >= 15 is 0 Å². The highest BCUT2D eigenvalue weighted by molar-refractivity contribution is 6.17. The number of benzene rings is 1. The molecule has 0 aromatic heterocycles. The molecule has 1 N–H and O–H groups in total. The Kier molecular flexibility index (Phi) is 4.40. The molecule has 1 aromatic rings. The first-order valence-electron chi connectivity index (χ1n) is 5.47. The largest absolute Gasteiger partial charge is 0.444 e. The molecule has 94 valence electrons. The van der Waals surface area contributed by atoms with Crippen molar-refractivity contribution in [2.45, 2.75) is 39.2 Å². The van der Waals surface area contributed by atoms with Gasteiger partial charge in [0.05, 0.1) is 0 Å². The van der Waals surface area contributed by atoms with Crippen molar-refractivity contribution in [3.63, 3.8) is 0 Å². The molecule has 1 amide bonds. The molecule has 0 fully saturated rings. The second-order valence-corrected chi connectivity index (χ2v) is 5.24. The van der Waals surface area contributed by atoms with Gasteiger partial charge in [-0.15, -0.1) is 11.6 Å². The van der Waals surface area contributed by atoms with Gasteiger partial charge >= 0.3 is 6.09 Å². The molecule has 0 bridgehead atoms. The molecule has 0 aliphatic heterocycles. The summed E-state index contributed by atoms with van der Waals surface area (Å²) in [6.45, 7) is 7.43. The van der Waals surface area contributed by atoms with Crippen molar-refractivity contribution in [1.29, 1.82) is 0 Å². The first-order valence-corrected chi connectivity index (χ1v) is 6.00. The number of amides is 1. The first kappa shape index (κ1) is 13.8. The van der Waals surface area contributed by atoms with Gasteiger partial charge in [-0.3, -0.25) is 5.32 Å². The second kappa shape index (κ2) is 5.41. The van der Waals surface area contributed by atoms with Crippen LogP contribution in [-0.2, 0) is 10.6 Å². The minimum atomic E-state index is -0.497. The molecule has 0 saturated heterocycles. The Bertz CT molecular complexity index is 410. The maximum atomic E-state index is 11.6. The van der Waals surface area contributed by atoms with Crippen LogP contribution < -0.4 is 5.32 Å². The molecule has 3 nitrogen and oxygen atoms in total. The minimum Gasteiger partial charge on any atom is -0.444 e. The third kappa shape index (κ3) is 5.09. The highest BCUT2D eigenvalue weighted by Gasteiger charge is 2.16. The van der Waals surface area contributed by atoms with Crippen LogP contribution in [-0.4, -0.2) is 11.7 Å². The maximum absolute atomic E-state index is 11.6. The lowest BCUT2D eigenvalue weighted by atomic mass is 10.1. The molecular weight excluding hydrogens is 238 g/mol. The molecule has 0 aliphatic rings. The van der Waals surface area contributed by atoms with E-state index in [1.165, 1.54) is 0 Å². The zero-order valence-corrected chi connectivity index (χ0v) is 11.4. The van der Waals surface area contributed by atoms with Gasteiger partial charge in [0.2, 0.25) is 0 Å². The summed E-state index contributed by atoms with van der Waals surface area (Å²) in [6.07, 6.45) is -0.455. The minimum absolute atomic E-state index is 0.421. The van der Waals surface area contributed by atoms with Gasteiger partial charge in [-0.1, -0.05) is 6.07 Å². The average Bonchev–Trinajstić information content (AvgIpc) is 2.13. The van der Waals surface area contributed by atoms with Gasteiger partial charge in [0.25, 0.3) is 0 Å². The summed E-state index contributed by atoms with van der Waals surface area (Å²) < 4.78 is 5.17. The summed E-state index contributed by atoms with van der Waals surface area (Å²) in [5, 5.41) is 2.69. The van der Waals surface area contributed by atoms with E-state index < -0.39 is 11.7 Å².